The molecule has 0 aliphatic heterocycles. The molecule has 2 rings (SSSR count). The Labute approximate surface area is 151 Å². The molecule has 0 radical (unpaired) electrons. The monoisotopic (exact) mass is 333 g/mol. The van der Waals surface area contributed by atoms with Gasteiger partial charge in [-0.05, 0) is 42.7 Å². The van der Waals surface area contributed by atoms with Gasteiger partial charge < -0.3 is 4.90 Å². The number of nitriles is 1. The lowest BCUT2D eigenvalue weighted by molar-refractivity contribution is 0.388. The first-order valence-corrected chi connectivity index (χ1v) is 9.06. The van der Waals surface area contributed by atoms with Crippen LogP contribution in [-0.2, 0) is 6.42 Å². The van der Waals surface area contributed by atoms with Crippen LogP contribution in [0, 0.1) is 11.3 Å². The van der Waals surface area contributed by atoms with Gasteiger partial charge >= 0.3 is 0 Å². The molecule has 0 amide bonds. The summed E-state index contributed by atoms with van der Waals surface area (Å²) in [6.07, 6.45) is 6.13. The number of pyridine rings is 1. The Bertz CT molecular complexity index is 726. The van der Waals surface area contributed by atoms with Crippen molar-refractivity contribution in [3.63, 3.8) is 0 Å². The molecule has 0 atom stereocenters. The summed E-state index contributed by atoms with van der Waals surface area (Å²) in [5.41, 5.74) is 4.93. The highest BCUT2D eigenvalue weighted by molar-refractivity contribution is 5.61. The number of unbranched alkanes of at least 4 members (excludes halogenated alkanes) is 1. The van der Waals surface area contributed by atoms with Gasteiger partial charge in [-0.15, -0.1) is 0 Å². The van der Waals surface area contributed by atoms with Crippen LogP contribution >= 0.6 is 0 Å². The second-order valence-electron chi connectivity index (χ2n) is 6.31. The van der Waals surface area contributed by atoms with E-state index in [9.17, 15) is 0 Å². The minimum absolute atomic E-state index is 0.689. The molecule has 0 aliphatic carbocycles. The Morgan fingerprint density at radius 2 is 2.00 bits per heavy atom. The molecule has 25 heavy (non-hydrogen) atoms. The zero-order valence-corrected chi connectivity index (χ0v) is 15.3. The first-order valence-electron chi connectivity index (χ1n) is 9.06. The molecule has 3 nitrogen and oxygen atoms in total. The normalized spacial score (nSPS) is 10.3. The van der Waals surface area contributed by atoms with Gasteiger partial charge in [-0.1, -0.05) is 39.0 Å². The van der Waals surface area contributed by atoms with Crippen molar-refractivity contribution in [2.45, 2.75) is 39.5 Å². The quantitative estimate of drug-likeness (QED) is 0.646. The van der Waals surface area contributed by atoms with E-state index in [1.807, 2.05) is 30.5 Å². The molecule has 0 bridgehead atoms. The van der Waals surface area contributed by atoms with Gasteiger partial charge in [0.05, 0.1) is 11.6 Å². The van der Waals surface area contributed by atoms with Crippen LogP contribution in [0.25, 0.3) is 5.70 Å². The average Bonchev–Trinajstić information content (AvgIpc) is 2.65. The average molecular weight is 333 g/mol. The van der Waals surface area contributed by atoms with Gasteiger partial charge in [0, 0.05) is 42.7 Å². The van der Waals surface area contributed by atoms with Crippen LogP contribution in [-0.4, -0.2) is 23.0 Å². The molecule has 0 spiro atoms. The van der Waals surface area contributed by atoms with Crippen molar-refractivity contribution >= 4 is 5.70 Å². The Hall–Kier alpha value is -2.60. The van der Waals surface area contributed by atoms with Gasteiger partial charge in [0.1, 0.15) is 0 Å². The third kappa shape index (κ3) is 5.46. The number of hydrogen-bond donors (Lipinski definition) is 0. The van der Waals surface area contributed by atoms with Crippen LogP contribution in [0.2, 0.25) is 0 Å². The van der Waals surface area contributed by atoms with Crippen LogP contribution in [0.3, 0.4) is 0 Å². The largest absolute Gasteiger partial charge is 0.371 e. The summed E-state index contributed by atoms with van der Waals surface area (Å²) < 4.78 is 0. The van der Waals surface area contributed by atoms with Crippen molar-refractivity contribution in [2.75, 3.05) is 13.1 Å². The van der Waals surface area contributed by atoms with Crippen molar-refractivity contribution in [1.82, 2.24) is 9.88 Å². The summed E-state index contributed by atoms with van der Waals surface area (Å²) in [6, 6.07) is 14.0. The van der Waals surface area contributed by atoms with Gasteiger partial charge in [0.15, 0.2) is 0 Å². The lowest BCUT2D eigenvalue weighted by atomic mass is 10.1. The second-order valence-corrected chi connectivity index (χ2v) is 6.31. The fourth-order valence-corrected chi connectivity index (χ4v) is 2.84. The highest BCUT2D eigenvalue weighted by Gasteiger charge is 2.09. The zero-order chi connectivity index (χ0) is 18.1. The molecule has 1 heterocycles. The molecule has 2 aromatic rings. The van der Waals surface area contributed by atoms with E-state index >= 15 is 0 Å². The maximum Gasteiger partial charge on any atom is 0.0991 e. The van der Waals surface area contributed by atoms with Crippen molar-refractivity contribution < 1.29 is 0 Å². The number of nitrogens with zero attached hydrogens (tertiary/aromatic N) is 3. The summed E-state index contributed by atoms with van der Waals surface area (Å²) in [5.74, 6) is 0. The topological polar surface area (TPSA) is 39.9 Å². The molecule has 1 aromatic carbocycles. The SMILES string of the molecule is C=C(c1ccc(Cc2cccc(C#N)c2)nc1)N(CCC)CCCC. The molecule has 0 saturated heterocycles. The second kappa shape index (κ2) is 9.64. The van der Waals surface area contributed by atoms with E-state index in [1.165, 1.54) is 12.8 Å². The molecular weight excluding hydrogens is 306 g/mol. The lowest BCUT2D eigenvalue weighted by Crippen LogP contribution is -2.23. The summed E-state index contributed by atoms with van der Waals surface area (Å²) in [5, 5.41) is 9.00. The molecule has 0 fully saturated rings. The molecule has 0 aliphatic rings. The predicted octanol–water partition coefficient (Wildman–Crippen LogP) is 5.03. The molecule has 1 aromatic heterocycles. The minimum Gasteiger partial charge on any atom is -0.371 e. The molecule has 0 saturated carbocycles. The molecule has 130 valence electrons. The summed E-state index contributed by atoms with van der Waals surface area (Å²) in [6.45, 7) is 10.8. The number of rotatable bonds is 9. The highest BCUT2D eigenvalue weighted by Crippen LogP contribution is 2.19. The summed E-state index contributed by atoms with van der Waals surface area (Å²) in [7, 11) is 0. The maximum atomic E-state index is 9.00. The van der Waals surface area contributed by atoms with E-state index in [4.69, 9.17) is 5.26 Å². The number of aromatic nitrogens is 1. The van der Waals surface area contributed by atoms with E-state index in [2.05, 4.69) is 48.5 Å². The fraction of sp³-hybridized carbons (Fsp3) is 0.364. The van der Waals surface area contributed by atoms with Gasteiger partial charge in [0.2, 0.25) is 0 Å². The van der Waals surface area contributed by atoms with Crippen LogP contribution < -0.4 is 0 Å². The van der Waals surface area contributed by atoms with Crippen LogP contribution in [0.1, 0.15) is 55.5 Å². The van der Waals surface area contributed by atoms with Crippen molar-refractivity contribution in [2.24, 2.45) is 0 Å². The van der Waals surface area contributed by atoms with Crippen molar-refractivity contribution in [3.05, 3.63) is 71.6 Å². The predicted molar refractivity (Wildman–Crippen MR) is 104 cm³/mol. The number of hydrogen-bond acceptors (Lipinski definition) is 3. The first-order chi connectivity index (χ1) is 12.2. The van der Waals surface area contributed by atoms with Gasteiger partial charge in [-0.25, -0.2) is 0 Å². The fourth-order valence-electron chi connectivity index (χ4n) is 2.84. The zero-order valence-electron chi connectivity index (χ0n) is 15.3. The first kappa shape index (κ1) is 18.7. The Kier molecular flexibility index (Phi) is 7.22. The van der Waals surface area contributed by atoms with Crippen LogP contribution in [0.4, 0.5) is 0 Å². The Balaban J connectivity index is 2.07. The van der Waals surface area contributed by atoms with Crippen molar-refractivity contribution in [1.29, 1.82) is 5.26 Å². The van der Waals surface area contributed by atoms with Crippen LogP contribution in [0.15, 0.2) is 49.2 Å². The van der Waals surface area contributed by atoms with E-state index in [0.717, 1.165) is 48.4 Å². The van der Waals surface area contributed by atoms with Gasteiger partial charge in [-0.3, -0.25) is 4.98 Å². The third-order valence-electron chi connectivity index (χ3n) is 4.26. The summed E-state index contributed by atoms with van der Waals surface area (Å²) in [4.78, 5) is 6.96. The standard InChI is InChI=1S/C22H27N3/c1-4-6-13-25(12-5-2)18(3)21-10-11-22(24-17-21)15-19-8-7-9-20(14-19)16-23/h7-11,14,17H,3-6,12-13,15H2,1-2H3. The molecular formula is C22H27N3. The maximum absolute atomic E-state index is 9.00. The van der Waals surface area contributed by atoms with E-state index in [1.54, 1.807) is 0 Å². The minimum atomic E-state index is 0.689. The van der Waals surface area contributed by atoms with E-state index in [0.29, 0.717) is 5.56 Å². The Morgan fingerprint density at radius 3 is 2.64 bits per heavy atom. The van der Waals surface area contributed by atoms with Crippen molar-refractivity contribution in [3.8, 4) is 6.07 Å². The van der Waals surface area contributed by atoms with E-state index < -0.39 is 0 Å². The molecule has 0 N–H and O–H groups in total. The van der Waals surface area contributed by atoms with E-state index in [-0.39, 0.29) is 0 Å². The van der Waals surface area contributed by atoms with Crippen LogP contribution in [0.5, 0.6) is 0 Å². The number of benzene rings is 1. The highest BCUT2D eigenvalue weighted by atomic mass is 15.1. The molecule has 0 unspecified atom stereocenters. The molecule has 3 heteroatoms. The van der Waals surface area contributed by atoms with Gasteiger partial charge in [-0.2, -0.15) is 5.26 Å². The Morgan fingerprint density at radius 1 is 1.16 bits per heavy atom. The lowest BCUT2D eigenvalue weighted by Gasteiger charge is -2.26. The smallest absolute Gasteiger partial charge is 0.0991 e. The van der Waals surface area contributed by atoms with Gasteiger partial charge in [0.25, 0.3) is 0 Å². The third-order valence-corrected chi connectivity index (χ3v) is 4.26. The summed E-state index contributed by atoms with van der Waals surface area (Å²) >= 11 is 0.